The van der Waals surface area contributed by atoms with Gasteiger partial charge >= 0.3 is 0 Å². The van der Waals surface area contributed by atoms with Crippen LogP contribution in [0.5, 0.6) is 11.5 Å². The fourth-order valence-electron chi connectivity index (χ4n) is 3.84. The highest BCUT2D eigenvalue weighted by atomic mass is 35.5. The summed E-state index contributed by atoms with van der Waals surface area (Å²) < 4.78 is 5.84. The molecule has 1 aromatic heterocycles. The molecule has 146 valence electrons. The van der Waals surface area contributed by atoms with E-state index in [9.17, 15) is 5.11 Å². The molecule has 0 saturated carbocycles. The number of nitrogens with zero attached hydrogens (tertiary/aromatic N) is 3. The van der Waals surface area contributed by atoms with Crippen molar-refractivity contribution in [3.05, 3.63) is 76.1 Å². The van der Waals surface area contributed by atoms with E-state index < -0.39 is 0 Å². The molecule has 0 fully saturated rings. The summed E-state index contributed by atoms with van der Waals surface area (Å²) in [6.45, 7) is 3.16. The summed E-state index contributed by atoms with van der Waals surface area (Å²) in [5.74, 6) is 1.82. The van der Waals surface area contributed by atoms with Gasteiger partial charge in [-0.2, -0.15) is 0 Å². The van der Waals surface area contributed by atoms with E-state index in [1.165, 1.54) is 11.1 Å². The minimum Gasteiger partial charge on any atom is -0.508 e. The molecule has 5 rings (SSSR count). The fraction of sp³-hybridized carbons (Fsp3) is 0.217. The van der Waals surface area contributed by atoms with Crippen LogP contribution < -0.4 is 4.74 Å². The van der Waals surface area contributed by atoms with E-state index in [0.29, 0.717) is 11.6 Å². The number of hydrogen-bond donors (Lipinski definition) is 1. The van der Waals surface area contributed by atoms with E-state index in [1.54, 1.807) is 12.1 Å². The highest BCUT2D eigenvalue weighted by Gasteiger charge is 2.21. The van der Waals surface area contributed by atoms with Gasteiger partial charge in [-0.3, -0.25) is 4.90 Å². The molecular weight excluding hydrogens is 386 g/mol. The van der Waals surface area contributed by atoms with Gasteiger partial charge in [-0.25, -0.2) is 9.97 Å². The summed E-state index contributed by atoms with van der Waals surface area (Å²) in [6.07, 6.45) is 4.95. The average molecular weight is 406 g/mol. The Morgan fingerprint density at radius 3 is 2.86 bits per heavy atom. The van der Waals surface area contributed by atoms with Crippen molar-refractivity contribution in [2.45, 2.75) is 13.0 Å². The lowest BCUT2D eigenvalue weighted by molar-refractivity contribution is 0.255. The molecule has 0 saturated heterocycles. The van der Waals surface area contributed by atoms with Crippen molar-refractivity contribution in [3.8, 4) is 22.9 Å². The third-order valence-electron chi connectivity index (χ3n) is 5.31. The van der Waals surface area contributed by atoms with E-state index in [4.69, 9.17) is 21.3 Å². The number of benzene rings is 2. The number of fused-ring (bicyclic) bond motifs is 2. The third kappa shape index (κ3) is 3.84. The number of aromatic nitrogens is 2. The Morgan fingerprint density at radius 1 is 1.14 bits per heavy atom. The first kappa shape index (κ1) is 18.2. The van der Waals surface area contributed by atoms with Crippen molar-refractivity contribution < 1.29 is 9.84 Å². The molecule has 2 aliphatic heterocycles. The van der Waals surface area contributed by atoms with Crippen LogP contribution in [0.15, 0.2) is 54.2 Å². The van der Waals surface area contributed by atoms with Gasteiger partial charge in [0.2, 0.25) is 0 Å². The van der Waals surface area contributed by atoms with Crippen molar-refractivity contribution in [2.24, 2.45) is 0 Å². The topological polar surface area (TPSA) is 58.5 Å². The standard InChI is InChI=1S/C23H20ClN3O2/c24-19-3-1-16(2-4-19)23-25-11-18-13-27(8-7-21(18)26-23)12-15-9-17-10-20(28)5-6-22(17)29-14-15/h1-6,9-11,28H,7-8,12-14H2. The molecule has 5 nitrogen and oxygen atoms in total. The fourth-order valence-corrected chi connectivity index (χ4v) is 3.96. The van der Waals surface area contributed by atoms with Crippen molar-refractivity contribution in [1.29, 1.82) is 0 Å². The Morgan fingerprint density at radius 2 is 2.00 bits per heavy atom. The summed E-state index contributed by atoms with van der Waals surface area (Å²) in [5, 5.41) is 10.4. The molecule has 29 heavy (non-hydrogen) atoms. The smallest absolute Gasteiger partial charge is 0.159 e. The first-order chi connectivity index (χ1) is 14.1. The lowest BCUT2D eigenvalue weighted by Gasteiger charge is -2.30. The highest BCUT2D eigenvalue weighted by molar-refractivity contribution is 6.30. The number of halogens is 1. The Kier molecular flexibility index (Phi) is 4.70. The molecule has 0 unspecified atom stereocenters. The van der Waals surface area contributed by atoms with E-state index in [2.05, 4.69) is 16.0 Å². The van der Waals surface area contributed by atoms with Crippen molar-refractivity contribution in [3.63, 3.8) is 0 Å². The lowest BCUT2D eigenvalue weighted by atomic mass is 10.0. The van der Waals surface area contributed by atoms with Gasteiger partial charge in [0, 0.05) is 54.0 Å². The van der Waals surface area contributed by atoms with Crippen LogP contribution in [0, 0.1) is 0 Å². The van der Waals surface area contributed by atoms with Gasteiger partial charge in [0.15, 0.2) is 5.82 Å². The molecular formula is C23H20ClN3O2. The summed E-state index contributed by atoms with van der Waals surface area (Å²) in [7, 11) is 0. The molecule has 0 radical (unpaired) electrons. The number of phenolic OH excluding ortho intramolecular Hbond substituents is 1. The van der Waals surface area contributed by atoms with Crippen LogP contribution >= 0.6 is 11.6 Å². The molecule has 0 spiro atoms. The van der Waals surface area contributed by atoms with Crippen LogP contribution in [0.3, 0.4) is 0 Å². The zero-order chi connectivity index (χ0) is 19.8. The lowest BCUT2D eigenvalue weighted by Crippen LogP contribution is -2.34. The van der Waals surface area contributed by atoms with Crippen molar-refractivity contribution >= 4 is 17.7 Å². The van der Waals surface area contributed by atoms with Gasteiger partial charge in [-0.15, -0.1) is 0 Å². The predicted molar refractivity (Wildman–Crippen MR) is 113 cm³/mol. The molecule has 0 bridgehead atoms. The van der Waals surface area contributed by atoms with Gasteiger partial charge in [0.05, 0.1) is 5.69 Å². The first-order valence-corrected chi connectivity index (χ1v) is 10.0. The molecule has 2 aromatic carbocycles. The van der Waals surface area contributed by atoms with E-state index in [-0.39, 0.29) is 5.75 Å². The van der Waals surface area contributed by atoms with Crippen molar-refractivity contribution in [2.75, 3.05) is 19.7 Å². The SMILES string of the molecule is Oc1ccc2c(c1)C=C(CN1CCc3nc(-c4ccc(Cl)cc4)ncc3C1)CO2. The highest BCUT2D eigenvalue weighted by Crippen LogP contribution is 2.30. The molecule has 2 aliphatic rings. The summed E-state index contributed by atoms with van der Waals surface area (Å²) >= 11 is 5.97. The quantitative estimate of drug-likeness (QED) is 0.702. The second-order valence-corrected chi connectivity index (χ2v) is 7.88. The Labute approximate surface area is 174 Å². The maximum absolute atomic E-state index is 9.71. The van der Waals surface area contributed by atoms with Gasteiger partial charge < -0.3 is 9.84 Å². The van der Waals surface area contributed by atoms with Gasteiger partial charge in [-0.1, -0.05) is 11.6 Å². The van der Waals surface area contributed by atoms with Gasteiger partial charge in [0.1, 0.15) is 18.1 Å². The maximum atomic E-state index is 9.71. The van der Waals surface area contributed by atoms with Gasteiger partial charge in [0.25, 0.3) is 0 Å². The summed E-state index contributed by atoms with van der Waals surface area (Å²) in [4.78, 5) is 11.7. The molecule has 0 aliphatic carbocycles. The van der Waals surface area contributed by atoms with Crippen LogP contribution in [0.25, 0.3) is 17.5 Å². The molecule has 3 aromatic rings. The molecule has 1 N–H and O–H groups in total. The van der Waals surface area contributed by atoms with Crippen LogP contribution in [-0.2, 0) is 13.0 Å². The number of ether oxygens (including phenoxy) is 1. The molecule has 0 atom stereocenters. The zero-order valence-corrected chi connectivity index (χ0v) is 16.6. The van der Waals surface area contributed by atoms with Crippen molar-refractivity contribution in [1.82, 2.24) is 14.9 Å². The van der Waals surface area contributed by atoms with Crippen LogP contribution in [0.1, 0.15) is 16.8 Å². The summed E-state index contributed by atoms with van der Waals surface area (Å²) in [5.41, 5.74) is 5.39. The monoisotopic (exact) mass is 405 g/mol. The van der Waals surface area contributed by atoms with E-state index in [0.717, 1.165) is 54.4 Å². The van der Waals surface area contributed by atoms with Crippen LogP contribution in [-0.4, -0.2) is 39.7 Å². The zero-order valence-electron chi connectivity index (χ0n) is 15.8. The molecule has 6 heteroatoms. The largest absolute Gasteiger partial charge is 0.508 e. The maximum Gasteiger partial charge on any atom is 0.159 e. The van der Waals surface area contributed by atoms with Crippen LogP contribution in [0.2, 0.25) is 5.02 Å². The number of hydrogen-bond acceptors (Lipinski definition) is 5. The minimum absolute atomic E-state index is 0.255. The minimum atomic E-state index is 0.255. The number of aromatic hydroxyl groups is 1. The Hall–Kier alpha value is -2.89. The normalized spacial score (nSPS) is 15.8. The molecule has 0 amide bonds. The van der Waals surface area contributed by atoms with E-state index in [1.807, 2.05) is 36.5 Å². The van der Waals surface area contributed by atoms with Gasteiger partial charge in [-0.05, 0) is 54.1 Å². The van der Waals surface area contributed by atoms with Crippen LogP contribution in [0.4, 0.5) is 0 Å². The Bertz CT molecular complexity index is 1100. The number of phenols is 1. The number of rotatable bonds is 3. The summed E-state index contributed by atoms with van der Waals surface area (Å²) in [6, 6.07) is 12.8. The third-order valence-corrected chi connectivity index (χ3v) is 5.56. The predicted octanol–water partition coefficient (Wildman–Crippen LogP) is 4.34. The first-order valence-electron chi connectivity index (χ1n) is 9.62. The van der Waals surface area contributed by atoms with E-state index >= 15 is 0 Å². The average Bonchev–Trinajstić information content (AvgIpc) is 2.73. The second-order valence-electron chi connectivity index (χ2n) is 7.45. The second kappa shape index (κ2) is 7.50. The Balaban J connectivity index is 1.31. The molecule has 3 heterocycles.